The van der Waals surface area contributed by atoms with Crippen LogP contribution in [0.15, 0.2) is 48.5 Å². The molecule has 0 unspecified atom stereocenters. The minimum Gasteiger partial charge on any atom is -0.353 e. The van der Waals surface area contributed by atoms with Crippen molar-refractivity contribution >= 4 is 22.6 Å². The molecule has 4 aromatic rings. The average molecular weight is 377 g/mol. The predicted molar refractivity (Wildman–Crippen MR) is 93.7 cm³/mol. The highest BCUT2D eigenvalue weighted by atomic mass is 35.5. The standard InChI is InChI=1S/C18H12ClF3N4/c1-26-16(9-17(25-26)18(20,21)22)13-7-6-12-15(24-13)8-14(23-12)10-4-2-3-5-11(10)19/h2-9,23H,1H3. The molecule has 4 nitrogen and oxygen atoms in total. The minimum absolute atomic E-state index is 0.291. The molecule has 0 bridgehead atoms. The van der Waals surface area contributed by atoms with Crippen LogP contribution < -0.4 is 0 Å². The van der Waals surface area contributed by atoms with E-state index in [2.05, 4.69) is 15.1 Å². The number of H-pyrrole nitrogens is 1. The lowest BCUT2D eigenvalue weighted by molar-refractivity contribution is -0.141. The molecular formula is C18H12ClF3N4. The summed E-state index contributed by atoms with van der Waals surface area (Å²) in [5, 5.41) is 4.13. The predicted octanol–water partition coefficient (Wildman–Crippen LogP) is 5.30. The van der Waals surface area contributed by atoms with Crippen LogP contribution in [0.5, 0.6) is 0 Å². The number of nitrogens with one attached hydrogen (secondary N) is 1. The summed E-state index contributed by atoms with van der Waals surface area (Å²) >= 11 is 6.22. The Labute approximate surface area is 151 Å². The Hall–Kier alpha value is -2.80. The Morgan fingerprint density at radius 2 is 1.85 bits per heavy atom. The van der Waals surface area contributed by atoms with Crippen LogP contribution in [0.25, 0.3) is 33.7 Å². The van der Waals surface area contributed by atoms with Gasteiger partial charge in [-0.3, -0.25) is 4.68 Å². The van der Waals surface area contributed by atoms with Crippen molar-refractivity contribution in [2.75, 3.05) is 0 Å². The first-order chi connectivity index (χ1) is 12.3. The molecule has 3 aromatic heterocycles. The van der Waals surface area contributed by atoms with Gasteiger partial charge in [-0.05, 0) is 30.3 Å². The summed E-state index contributed by atoms with van der Waals surface area (Å²) < 4.78 is 39.8. The van der Waals surface area contributed by atoms with Gasteiger partial charge in [-0.25, -0.2) is 4.98 Å². The van der Waals surface area contributed by atoms with Gasteiger partial charge in [-0.15, -0.1) is 0 Å². The van der Waals surface area contributed by atoms with E-state index in [1.807, 2.05) is 24.3 Å². The fourth-order valence-electron chi connectivity index (χ4n) is 2.82. The second kappa shape index (κ2) is 5.88. The number of pyridine rings is 1. The van der Waals surface area contributed by atoms with Gasteiger partial charge < -0.3 is 4.98 Å². The summed E-state index contributed by atoms with van der Waals surface area (Å²) in [6.45, 7) is 0. The van der Waals surface area contributed by atoms with Crippen molar-refractivity contribution in [3.8, 4) is 22.6 Å². The lowest BCUT2D eigenvalue weighted by Crippen LogP contribution is -2.06. The quantitative estimate of drug-likeness (QED) is 0.516. The maximum atomic E-state index is 12.9. The van der Waals surface area contributed by atoms with E-state index in [1.165, 1.54) is 11.7 Å². The smallest absolute Gasteiger partial charge is 0.353 e. The minimum atomic E-state index is -4.49. The summed E-state index contributed by atoms with van der Waals surface area (Å²) in [5.41, 5.74) is 2.77. The number of aryl methyl sites for hydroxylation is 1. The molecule has 3 heterocycles. The number of alkyl halides is 3. The zero-order valence-corrected chi connectivity index (χ0v) is 14.2. The second-order valence-electron chi connectivity index (χ2n) is 5.83. The SMILES string of the molecule is Cn1nc(C(F)(F)F)cc1-c1ccc2[nH]c(-c3ccccc3Cl)cc2n1. The Morgan fingerprint density at radius 1 is 1.08 bits per heavy atom. The maximum Gasteiger partial charge on any atom is 0.435 e. The van der Waals surface area contributed by atoms with Gasteiger partial charge in [0.2, 0.25) is 0 Å². The van der Waals surface area contributed by atoms with Crippen molar-refractivity contribution in [1.29, 1.82) is 0 Å². The first-order valence-electron chi connectivity index (χ1n) is 7.69. The van der Waals surface area contributed by atoms with Gasteiger partial charge >= 0.3 is 6.18 Å². The molecule has 1 N–H and O–H groups in total. The third-order valence-corrected chi connectivity index (χ3v) is 4.40. The number of halogens is 4. The second-order valence-corrected chi connectivity index (χ2v) is 6.24. The van der Waals surface area contributed by atoms with E-state index in [0.717, 1.165) is 22.8 Å². The van der Waals surface area contributed by atoms with Crippen molar-refractivity contribution in [2.24, 2.45) is 7.05 Å². The first-order valence-corrected chi connectivity index (χ1v) is 8.07. The fraction of sp³-hybridized carbons (Fsp3) is 0.111. The molecule has 0 radical (unpaired) electrons. The fourth-order valence-corrected chi connectivity index (χ4v) is 3.06. The molecule has 0 atom stereocenters. The molecule has 4 rings (SSSR count). The molecule has 0 aliphatic heterocycles. The molecule has 0 amide bonds. The molecule has 0 fully saturated rings. The first kappa shape index (κ1) is 16.7. The average Bonchev–Trinajstić information content (AvgIpc) is 3.17. The summed E-state index contributed by atoms with van der Waals surface area (Å²) in [4.78, 5) is 7.70. The molecule has 0 aliphatic rings. The molecule has 0 aliphatic carbocycles. The Kier molecular flexibility index (Phi) is 3.77. The summed E-state index contributed by atoms with van der Waals surface area (Å²) in [6.07, 6.45) is -4.49. The van der Waals surface area contributed by atoms with Crippen LogP contribution in [0.3, 0.4) is 0 Å². The van der Waals surface area contributed by atoms with E-state index < -0.39 is 11.9 Å². The number of rotatable bonds is 2. The van der Waals surface area contributed by atoms with E-state index in [1.54, 1.807) is 18.2 Å². The number of aromatic amines is 1. The highest BCUT2D eigenvalue weighted by Crippen LogP contribution is 2.33. The Bertz CT molecular complexity index is 1110. The van der Waals surface area contributed by atoms with Crippen LogP contribution in [0.1, 0.15) is 5.69 Å². The lowest BCUT2D eigenvalue weighted by atomic mass is 10.1. The zero-order valence-electron chi connectivity index (χ0n) is 13.5. The highest BCUT2D eigenvalue weighted by Gasteiger charge is 2.34. The largest absolute Gasteiger partial charge is 0.435 e. The van der Waals surface area contributed by atoms with Crippen LogP contribution in [0.2, 0.25) is 5.02 Å². The van der Waals surface area contributed by atoms with E-state index in [4.69, 9.17) is 11.6 Å². The molecule has 0 saturated carbocycles. The number of fused-ring (bicyclic) bond motifs is 1. The van der Waals surface area contributed by atoms with E-state index >= 15 is 0 Å². The normalized spacial score (nSPS) is 12.0. The van der Waals surface area contributed by atoms with Gasteiger partial charge in [0.25, 0.3) is 0 Å². The molecule has 132 valence electrons. The van der Waals surface area contributed by atoms with Crippen molar-refractivity contribution in [3.63, 3.8) is 0 Å². The molecule has 8 heteroatoms. The molecule has 1 aromatic carbocycles. The summed E-state index contributed by atoms with van der Waals surface area (Å²) in [5.74, 6) is 0. The van der Waals surface area contributed by atoms with Crippen LogP contribution in [0, 0.1) is 0 Å². The molecule has 26 heavy (non-hydrogen) atoms. The van der Waals surface area contributed by atoms with Crippen LogP contribution in [0.4, 0.5) is 13.2 Å². The van der Waals surface area contributed by atoms with Gasteiger partial charge in [0.15, 0.2) is 5.69 Å². The number of benzene rings is 1. The third kappa shape index (κ3) is 2.84. The van der Waals surface area contributed by atoms with Gasteiger partial charge in [0, 0.05) is 23.3 Å². The van der Waals surface area contributed by atoms with E-state index in [-0.39, 0.29) is 0 Å². The van der Waals surface area contributed by atoms with Crippen molar-refractivity contribution in [2.45, 2.75) is 6.18 Å². The van der Waals surface area contributed by atoms with Crippen LogP contribution in [-0.4, -0.2) is 19.7 Å². The third-order valence-electron chi connectivity index (χ3n) is 4.07. The summed E-state index contributed by atoms with van der Waals surface area (Å²) in [7, 11) is 1.46. The number of hydrogen-bond donors (Lipinski definition) is 1. The van der Waals surface area contributed by atoms with Gasteiger partial charge in [0.1, 0.15) is 0 Å². The number of aromatic nitrogens is 4. The highest BCUT2D eigenvalue weighted by molar-refractivity contribution is 6.33. The molecule has 0 saturated heterocycles. The van der Waals surface area contributed by atoms with E-state index in [9.17, 15) is 13.2 Å². The van der Waals surface area contributed by atoms with Gasteiger partial charge in [0.05, 0.1) is 22.4 Å². The molecular weight excluding hydrogens is 365 g/mol. The Balaban J connectivity index is 1.80. The molecule has 0 spiro atoms. The monoisotopic (exact) mass is 376 g/mol. The van der Waals surface area contributed by atoms with Gasteiger partial charge in [-0.1, -0.05) is 29.8 Å². The van der Waals surface area contributed by atoms with Crippen molar-refractivity contribution in [3.05, 3.63) is 59.2 Å². The van der Waals surface area contributed by atoms with Gasteiger partial charge in [-0.2, -0.15) is 18.3 Å². The topological polar surface area (TPSA) is 46.5 Å². The lowest BCUT2D eigenvalue weighted by Gasteiger charge is -2.00. The zero-order chi connectivity index (χ0) is 18.5. The number of nitrogens with zero attached hydrogens (tertiary/aromatic N) is 3. The van der Waals surface area contributed by atoms with Crippen LogP contribution >= 0.6 is 11.6 Å². The van der Waals surface area contributed by atoms with Crippen molar-refractivity contribution in [1.82, 2.24) is 19.7 Å². The Morgan fingerprint density at radius 3 is 2.54 bits per heavy atom. The van der Waals surface area contributed by atoms with E-state index in [0.29, 0.717) is 21.9 Å². The number of hydrogen-bond acceptors (Lipinski definition) is 2. The summed E-state index contributed by atoms with van der Waals surface area (Å²) in [6, 6.07) is 13.6. The maximum absolute atomic E-state index is 12.9. The van der Waals surface area contributed by atoms with Crippen LogP contribution in [-0.2, 0) is 13.2 Å². The van der Waals surface area contributed by atoms with Crippen molar-refractivity contribution < 1.29 is 13.2 Å².